The van der Waals surface area contributed by atoms with Crippen LogP contribution < -0.4 is 0 Å². The van der Waals surface area contributed by atoms with Crippen molar-refractivity contribution in [3.63, 3.8) is 0 Å². The molecule has 214 valence electrons. The number of halogens is 1. The van der Waals surface area contributed by atoms with Crippen molar-refractivity contribution in [1.29, 1.82) is 0 Å². The predicted octanol–water partition coefficient (Wildman–Crippen LogP) is 5.08. The number of aryl methyl sites for hydroxylation is 1. The fourth-order valence-electron chi connectivity index (χ4n) is 6.43. The van der Waals surface area contributed by atoms with Gasteiger partial charge in [0.15, 0.2) is 0 Å². The molecule has 40 heavy (non-hydrogen) atoms. The van der Waals surface area contributed by atoms with Crippen LogP contribution in [0.2, 0.25) is 0 Å². The topological polar surface area (TPSA) is 61.7 Å². The summed E-state index contributed by atoms with van der Waals surface area (Å²) in [6, 6.07) is 4.47. The third-order valence-corrected chi connectivity index (χ3v) is 8.99. The van der Waals surface area contributed by atoms with E-state index in [2.05, 4.69) is 23.0 Å². The highest BCUT2D eigenvalue weighted by molar-refractivity contribution is 5.99. The molecule has 2 fully saturated rings. The molecule has 2 aromatic heterocycles. The molecule has 0 saturated carbocycles. The standard InChI is InChI=1S/C32H42FN5O2/c1-21(2)35(5)32(40)28-15-27(33)6-7-29(28)38-20-26(31-22(3)16-34-17-30(31)38)14-24-8-11-36(12-9-24)18-25-10-13-37(19-25)23(4)39/h6-7,15-17,20-21,24-25H,8-14,18-19H2,1-5H3/t25-/m0/s1. The van der Waals surface area contributed by atoms with Crippen molar-refractivity contribution < 1.29 is 14.0 Å². The average molecular weight is 548 g/mol. The third-order valence-electron chi connectivity index (χ3n) is 8.99. The number of carbonyl (C=O) groups excluding carboxylic acids is 2. The Bertz CT molecular complexity index is 1390. The maximum absolute atomic E-state index is 14.4. The number of amides is 2. The van der Waals surface area contributed by atoms with Crippen LogP contribution in [0, 0.1) is 24.6 Å². The van der Waals surface area contributed by atoms with Gasteiger partial charge in [-0.05, 0) is 101 Å². The Hall–Kier alpha value is -3.26. The molecule has 7 nitrogen and oxygen atoms in total. The molecule has 0 bridgehead atoms. The Morgan fingerprint density at radius 3 is 2.50 bits per heavy atom. The summed E-state index contributed by atoms with van der Waals surface area (Å²) in [5.74, 6) is 0.718. The highest BCUT2D eigenvalue weighted by Crippen LogP contribution is 2.33. The van der Waals surface area contributed by atoms with Gasteiger partial charge in [0.1, 0.15) is 5.82 Å². The monoisotopic (exact) mass is 547 g/mol. The third kappa shape index (κ3) is 5.78. The molecule has 0 spiro atoms. The van der Waals surface area contributed by atoms with Crippen molar-refractivity contribution in [2.24, 2.45) is 11.8 Å². The molecule has 0 unspecified atom stereocenters. The molecule has 1 atom stereocenters. The second-order valence-corrected chi connectivity index (χ2v) is 12.1. The van der Waals surface area contributed by atoms with Crippen LogP contribution in [0.4, 0.5) is 4.39 Å². The normalized spacial score (nSPS) is 18.7. The van der Waals surface area contributed by atoms with E-state index >= 15 is 0 Å². The van der Waals surface area contributed by atoms with Crippen LogP contribution >= 0.6 is 0 Å². The molecular formula is C32H42FN5O2. The number of aromatic nitrogens is 2. The number of hydrogen-bond acceptors (Lipinski definition) is 4. The summed E-state index contributed by atoms with van der Waals surface area (Å²) in [4.78, 5) is 35.7. The van der Waals surface area contributed by atoms with E-state index in [1.165, 1.54) is 23.1 Å². The zero-order chi connectivity index (χ0) is 28.6. The number of fused-ring (bicyclic) bond motifs is 1. The molecule has 4 heterocycles. The smallest absolute Gasteiger partial charge is 0.256 e. The van der Waals surface area contributed by atoms with E-state index in [0.717, 1.165) is 69.5 Å². The fraction of sp³-hybridized carbons (Fsp3) is 0.531. The number of piperidine rings is 1. The fourth-order valence-corrected chi connectivity index (χ4v) is 6.43. The molecule has 0 N–H and O–H groups in total. The summed E-state index contributed by atoms with van der Waals surface area (Å²) in [5, 5.41) is 1.17. The second kappa shape index (κ2) is 11.7. The lowest BCUT2D eigenvalue weighted by Crippen LogP contribution is -2.38. The van der Waals surface area contributed by atoms with Gasteiger partial charge in [0.25, 0.3) is 5.91 Å². The number of rotatable bonds is 7. The van der Waals surface area contributed by atoms with Crippen LogP contribution in [0.15, 0.2) is 36.8 Å². The largest absolute Gasteiger partial charge is 0.343 e. The van der Waals surface area contributed by atoms with Gasteiger partial charge in [0.05, 0.1) is 23.0 Å². The maximum atomic E-state index is 14.4. The van der Waals surface area contributed by atoms with Crippen molar-refractivity contribution in [2.75, 3.05) is 39.8 Å². The lowest BCUT2D eigenvalue weighted by atomic mass is 9.89. The first-order valence-electron chi connectivity index (χ1n) is 14.6. The van der Waals surface area contributed by atoms with Crippen LogP contribution in [0.3, 0.4) is 0 Å². The minimum atomic E-state index is -0.423. The van der Waals surface area contributed by atoms with Crippen LogP contribution in [0.1, 0.15) is 61.5 Å². The maximum Gasteiger partial charge on any atom is 0.256 e. The quantitative estimate of drug-likeness (QED) is 0.414. The van der Waals surface area contributed by atoms with Crippen LogP contribution in [-0.4, -0.2) is 81.9 Å². The van der Waals surface area contributed by atoms with Gasteiger partial charge in [-0.15, -0.1) is 0 Å². The second-order valence-electron chi connectivity index (χ2n) is 12.1. The molecule has 1 aromatic carbocycles. The summed E-state index contributed by atoms with van der Waals surface area (Å²) in [6.45, 7) is 12.7. The van der Waals surface area contributed by atoms with Gasteiger partial charge in [-0.3, -0.25) is 14.6 Å². The summed E-state index contributed by atoms with van der Waals surface area (Å²) in [7, 11) is 1.75. The van der Waals surface area contributed by atoms with Gasteiger partial charge in [0, 0.05) is 57.4 Å². The van der Waals surface area contributed by atoms with E-state index < -0.39 is 5.82 Å². The summed E-state index contributed by atoms with van der Waals surface area (Å²) in [5.41, 5.74) is 4.32. The first-order chi connectivity index (χ1) is 19.1. The zero-order valence-electron chi connectivity index (χ0n) is 24.5. The Labute approximate surface area is 236 Å². The molecule has 5 rings (SSSR count). The Kier molecular flexibility index (Phi) is 8.26. The van der Waals surface area contributed by atoms with Gasteiger partial charge in [0.2, 0.25) is 5.91 Å². The molecular weight excluding hydrogens is 505 g/mol. The number of pyridine rings is 1. The van der Waals surface area contributed by atoms with Crippen molar-refractivity contribution in [1.82, 2.24) is 24.3 Å². The van der Waals surface area contributed by atoms with Crippen molar-refractivity contribution in [2.45, 2.75) is 59.4 Å². The van der Waals surface area contributed by atoms with Gasteiger partial charge in [-0.1, -0.05) is 0 Å². The van der Waals surface area contributed by atoms with Crippen LogP contribution in [-0.2, 0) is 11.2 Å². The lowest BCUT2D eigenvalue weighted by molar-refractivity contribution is -0.127. The van der Waals surface area contributed by atoms with E-state index in [0.29, 0.717) is 23.1 Å². The van der Waals surface area contributed by atoms with Gasteiger partial charge in [-0.2, -0.15) is 0 Å². The Balaban J connectivity index is 1.36. The SMILES string of the molecule is CC(=O)N1CC[C@@H](CN2CCC(Cc3cn(-c4ccc(F)cc4C(=O)N(C)C(C)C)c4cncc(C)c34)CC2)C1. The Morgan fingerprint density at radius 2 is 1.82 bits per heavy atom. The Morgan fingerprint density at radius 1 is 1.10 bits per heavy atom. The molecule has 8 heteroatoms. The zero-order valence-corrected chi connectivity index (χ0v) is 24.5. The number of nitrogens with zero attached hydrogens (tertiary/aromatic N) is 5. The summed E-state index contributed by atoms with van der Waals surface area (Å²) in [6.07, 6.45) is 10.2. The number of hydrogen-bond donors (Lipinski definition) is 0. The molecule has 0 radical (unpaired) electrons. The summed E-state index contributed by atoms with van der Waals surface area (Å²) < 4.78 is 16.4. The van der Waals surface area contributed by atoms with E-state index in [9.17, 15) is 14.0 Å². The van der Waals surface area contributed by atoms with Crippen molar-refractivity contribution in [3.8, 4) is 5.69 Å². The minimum absolute atomic E-state index is 0.00268. The predicted molar refractivity (Wildman–Crippen MR) is 156 cm³/mol. The molecule has 3 aromatic rings. The first-order valence-corrected chi connectivity index (χ1v) is 14.6. The molecule has 2 aliphatic rings. The summed E-state index contributed by atoms with van der Waals surface area (Å²) >= 11 is 0. The number of carbonyl (C=O) groups is 2. The highest BCUT2D eigenvalue weighted by Gasteiger charge is 2.29. The molecule has 0 aliphatic carbocycles. The highest BCUT2D eigenvalue weighted by atomic mass is 19.1. The minimum Gasteiger partial charge on any atom is -0.343 e. The molecule has 2 amide bonds. The van der Waals surface area contributed by atoms with E-state index in [4.69, 9.17) is 0 Å². The lowest BCUT2D eigenvalue weighted by Gasteiger charge is -2.33. The van der Waals surface area contributed by atoms with E-state index in [-0.39, 0.29) is 17.9 Å². The van der Waals surface area contributed by atoms with E-state index in [1.807, 2.05) is 35.7 Å². The number of benzene rings is 1. The molecule has 2 saturated heterocycles. The van der Waals surface area contributed by atoms with Crippen LogP contribution in [0.5, 0.6) is 0 Å². The van der Waals surface area contributed by atoms with Crippen molar-refractivity contribution >= 4 is 22.7 Å². The van der Waals surface area contributed by atoms with Gasteiger partial charge >= 0.3 is 0 Å². The van der Waals surface area contributed by atoms with Gasteiger partial charge < -0.3 is 19.3 Å². The van der Waals surface area contributed by atoms with Crippen molar-refractivity contribution in [3.05, 3.63) is 59.3 Å². The molecule has 2 aliphatic heterocycles. The van der Waals surface area contributed by atoms with Crippen LogP contribution in [0.25, 0.3) is 16.6 Å². The average Bonchev–Trinajstić information content (AvgIpc) is 3.54. The first kappa shape index (κ1) is 28.3. The van der Waals surface area contributed by atoms with Gasteiger partial charge in [-0.25, -0.2) is 4.39 Å². The number of likely N-dealkylation sites (tertiary alicyclic amines) is 2. The van der Waals surface area contributed by atoms with E-state index in [1.54, 1.807) is 24.9 Å².